The molecule has 9 heteroatoms. The van der Waals surface area contributed by atoms with Gasteiger partial charge in [0.15, 0.2) is 5.13 Å². The Kier molecular flexibility index (Phi) is 6.27. The van der Waals surface area contributed by atoms with E-state index in [1.54, 1.807) is 0 Å². The first-order chi connectivity index (χ1) is 14.8. The number of fused-ring (bicyclic) bond motifs is 1. The zero-order chi connectivity index (χ0) is 22.0. The highest BCUT2D eigenvalue weighted by molar-refractivity contribution is 7.22. The Labute approximate surface area is 182 Å². The number of hydrogen-bond acceptors (Lipinski definition) is 5. The smallest absolute Gasteiger partial charge is 0.379 e. The summed E-state index contributed by atoms with van der Waals surface area (Å²) in [5.41, 5.74) is 0.940. The topological polar surface area (TPSA) is 45.7 Å². The second-order valence-electron chi connectivity index (χ2n) is 7.41. The van der Waals surface area contributed by atoms with Crippen LogP contribution in [-0.2, 0) is 10.9 Å². The molecule has 1 aromatic heterocycles. The van der Waals surface area contributed by atoms with E-state index in [4.69, 9.17) is 4.74 Å². The van der Waals surface area contributed by atoms with Crippen LogP contribution in [0, 0.1) is 6.92 Å². The van der Waals surface area contributed by atoms with Gasteiger partial charge in [0.2, 0.25) is 0 Å². The molecule has 164 valence electrons. The minimum absolute atomic E-state index is 0.00668. The van der Waals surface area contributed by atoms with Crippen LogP contribution in [0.15, 0.2) is 42.5 Å². The standard InChI is InChI=1S/C22H22F3N3O2S/c1-15-4-2-7-18-19(15)26-21(31-18)28(9-8-27-10-12-30-13-11-27)20(29)16-5-3-6-17(14-16)22(23,24)25/h2-7,14H,8-13H2,1H3. The van der Waals surface area contributed by atoms with Crippen molar-refractivity contribution in [2.45, 2.75) is 13.1 Å². The van der Waals surface area contributed by atoms with Crippen LogP contribution in [0.3, 0.4) is 0 Å². The summed E-state index contributed by atoms with van der Waals surface area (Å²) in [6, 6.07) is 10.3. The molecule has 2 aromatic carbocycles. The number of carbonyl (C=O) groups is 1. The van der Waals surface area contributed by atoms with Gasteiger partial charge in [0, 0.05) is 31.7 Å². The summed E-state index contributed by atoms with van der Waals surface area (Å²) in [5, 5.41) is 0.486. The highest BCUT2D eigenvalue weighted by atomic mass is 32.1. The molecule has 0 saturated carbocycles. The van der Waals surface area contributed by atoms with Crippen LogP contribution in [0.1, 0.15) is 21.5 Å². The Bertz CT molecular complexity index is 1080. The molecular weight excluding hydrogens is 427 g/mol. The molecule has 0 unspecified atom stereocenters. The van der Waals surface area contributed by atoms with Crippen molar-refractivity contribution in [3.05, 3.63) is 59.2 Å². The van der Waals surface area contributed by atoms with E-state index in [1.165, 1.54) is 28.4 Å². The summed E-state index contributed by atoms with van der Waals surface area (Å²) >= 11 is 1.37. The van der Waals surface area contributed by atoms with E-state index >= 15 is 0 Å². The normalized spacial score (nSPS) is 15.4. The van der Waals surface area contributed by atoms with Crippen LogP contribution >= 0.6 is 11.3 Å². The van der Waals surface area contributed by atoms with Gasteiger partial charge in [-0.15, -0.1) is 0 Å². The lowest BCUT2D eigenvalue weighted by Crippen LogP contribution is -2.43. The molecule has 31 heavy (non-hydrogen) atoms. The second-order valence-corrected chi connectivity index (χ2v) is 8.42. The van der Waals surface area contributed by atoms with E-state index < -0.39 is 17.6 Å². The van der Waals surface area contributed by atoms with Crippen molar-refractivity contribution >= 4 is 32.6 Å². The van der Waals surface area contributed by atoms with Gasteiger partial charge >= 0.3 is 6.18 Å². The number of thiazole rings is 1. The first kappa shape index (κ1) is 21.7. The molecule has 3 aromatic rings. The van der Waals surface area contributed by atoms with Crippen molar-refractivity contribution in [2.24, 2.45) is 0 Å². The van der Waals surface area contributed by atoms with E-state index in [2.05, 4.69) is 9.88 Å². The van der Waals surface area contributed by atoms with Crippen molar-refractivity contribution in [3.8, 4) is 0 Å². The number of nitrogens with zero attached hydrogens (tertiary/aromatic N) is 3. The fourth-order valence-electron chi connectivity index (χ4n) is 3.52. The molecule has 5 nitrogen and oxygen atoms in total. The summed E-state index contributed by atoms with van der Waals surface area (Å²) in [7, 11) is 0. The number of hydrogen-bond donors (Lipinski definition) is 0. The predicted molar refractivity (Wildman–Crippen MR) is 115 cm³/mol. The van der Waals surface area contributed by atoms with Gasteiger partial charge in [0.1, 0.15) is 0 Å². The van der Waals surface area contributed by atoms with E-state index in [0.29, 0.717) is 31.4 Å². The molecule has 0 radical (unpaired) electrons. The van der Waals surface area contributed by atoms with Crippen LogP contribution in [0.5, 0.6) is 0 Å². The van der Waals surface area contributed by atoms with Crippen LogP contribution in [0.25, 0.3) is 10.2 Å². The Balaban J connectivity index is 1.67. The van der Waals surface area contributed by atoms with Gasteiger partial charge in [-0.2, -0.15) is 13.2 Å². The average molecular weight is 449 g/mol. The molecule has 0 bridgehead atoms. The molecule has 1 fully saturated rings. The number of para-hydroxylation sites is 1. The Morgan fingerprint density at radius 2 is 1.94 bits per heavy atom. The monoisotopic (exact) mass is 449 g/mol. The summed E-state index contributed by atoms with van der Waals surface area (Å²) in [5.74, 6) is -0.490. The van der Waals surface area contributed by atoms with Gasteiger partial charge in [-0.3, -0.25) is 14.6 Å². The van der Waals surface area contributed by atoms with Crippen LogP contribution < -0.4 is 4.90 Å². The van der Waals surface area contributed by atoms with E-state index in [9.17, 15) is 18.0 Å². The first-order valence-corrected chi connectivity index (χ1v) is 10.8. The van der Waals surface area contributed by atoms with Crippen molar-refractivity contribution in [1.82, 2.24) is 9.88 Å². The number of aromatic nitrogens is 1. The summed E-state index contributed by atoms with van der Waals surface area (Å²) < 4.78 is 45.8. The first-order valence-electron chi connectivity index (χ1n) is 9.98. The third kappa shape index (κ3) is 4.89. The van der Waals surface area contributed by atoms with Crippen LogP contribution in [0.2, 0.25) is 0 Å². The number of aryl methyl sites for hydroxylation is 1. The van der Waals surface area contributed by atoms with E-state index in [1.807, 2.05) is 25.1 Å². The minimum Gasteiger partial charge on any atom is -0.379 e. The lowest BCUT2D eigenvalue weighted by Gasteiger charge is -2.29. The summed E-state index contributed by atoms with van der Waals surface area (Å²) in [6.45, 7) is 5.62. The fraction of sp³-hybridized carbons (Fsp3) is 0.364. The number of anilines is 1. The quantitative estimate of drug-likeness (QED) is 0.571. The van der Waals surface area contributed by atoms with E-state index in [0.717, 1.165) is 41.0 Å². The molecule has 1 amide bonds. The van der Waals surface area contributed by atoms with Gasteiger partial charge in [-0.05, 0) is 36.8 Å². The van der Waals surface area contributed by atoms with E-state index in [-0.39, 0.29) is 5.56 Å². The molecule has 0 aliphatic carbocycles. The largest absolute Gasteiger partial charge is 0.416 e. The molecule has 1 saturated heterocycles. The number of benzene rings is 2. The van der Waals surface area contributed by atoms with Gasteiger partial charge < -0.3 is 4.74 Å². The van der Waals surface area contributed by atoms with Crippen molar-refractivity contribution < 1.29 is 22.7 Å². The summed E-state index contributed by atoms with van der Waals surface area (Å²) in [4.78, 5) is 21.7. The number of halogens is 3. The Hall–Kier alpha value is -2.49. The molecule has 0 N–H and O–H groups in total. The molecule has 1 aliphatic heterocycles. The number of morpholine rings is 1. The lowest BCUT2D eigenvalue weighted by atomic mass is 10.1. The zero-order valence-corrected chi connectivity index (χ0v) is 17.8. The predicted octanol–water partition coefficient (Wildman–Crippen LogP) is 4.60. The molecule has 2 heterocycles. The average Bonchev–Trinajstić information content (AvgIpc) is 3.19. The molecule has 0 atom stereocenters. The van der Waals surface area contributed by atoms with Crippen molar-refractivity contribution in [3.63, 3.8) is 0 Å². The number of rotatable bonds is 5. The third-order valence-electron chi connectivity index (χ3n) is 5.27. The maximum atomic E-state index is 13.3. The van der Waals surface area contributed by atoms with Gasteiger partial charge in [0.25, 0.3) is 5.91 Å². The number of carbonyl (C=O) groups excluding carboxylic acids is 1. The lowest BCUT2D eigenvalue weighted by molar-refractivity contribution is -0.137. The van der Waals surface area contributed by atoms with Crippen molar-refractivity contribution in [2.75, 3.05) is 44.3 Å². The van der Waals surface area contributed by atoms with Gasteiger partial charge in [-0.1, -0.05) is 29.5 Å². The summed E-state index contributed by atoms with van der Waals surface area (Å²) in [6.07, 6.45) is -4.51. The highest BCUT2D eigenvalue weighted by Gasteiger charge is 2.32. The number of ether oxygens (including phenoxy) is 1. The molecule has 1 aliphatic rings. The van der Waals surface area contributed by atoms with Gasteiger partial charge in [-0.25, -0.2) is 4.98 Å². The van der Waals surface area contributed by atoms with Crippen molar-refractivity contribution in [1.29, 1.82) is 0 Å². The Morgan fingerprint density at radius 1 is 1.19 bits per heavy atom. The SMILES string of the molecule is Cc1cccc2sc(N(CCN3CCOCC3)C(=O)c3cccc(C(F)(F)F)c3)nc12. The van der Waals surface area contributed by atoms with Gasteiger partial charge in [0.05, 0.1) is 29.0 Å². The maximum Gasteiger partial charge on any atom is 0.416 e. The molecule has 4 rings (SSSR count). The van der Waals surface area contributed by atoms with Crippen LogP contribution in [0.4, 0.5) is 18.3 Å². The van der Waals surface area contributed by atoms with Crippen LogP contribution in [-0.4, -0.2) is 55.2 Å². The third-order valence-corrected chi connectivity index (χ3v) is 6.31. The zero-order valence-electron chi connectivity index (χ0n) is 17.0. The minimum atomic E-state index is -4.51. The molecule has 0 spiro atoms. The fourth-order valence-corrected chi connectivity index (χ4v) is 4.59. The number of amides is 1. The highest BCUT2D eigenvalue weighted by Crippen LogP contribution is 2.33. The molecular formula is C22H22F3N3O2S. The number of alkyl halides is 3. The maximum absolute atomic E-state index is 13.3. The Morgan fingerprint density at radius 3 is 2.65 bits per heavy atom. The second kappa shape index (κ2) is 8.94.